The third-order valence-corrected chi connectivity index (χ3v) is 4.80. The van der Waals surface area contributed by atoms with E-state index >= 15 is 0 Å². The maximum atomic E-state index is 12.1. The third kappa shape index (κ3) is 3.36. The molecule has 0 radical (unpaired) electrons. The number of halogens is 1. The van der Waals surface area contributed by atoms with Crippen LogP contribution in [0.1, 0.15) is 24.2 Å². The van der Waals surface area contributed by atoms with Gasteiger partial charge in [-0.2, -0.15) is 0 Å². The molecule has 0 unspecified atom stereocenters. The molecule has 0 aliphatic rings. The molecule has 1 aromatic rings. The van der Waals surface area contributed by atoms with Gasteiger partial charge in [0.1, 0.15) is 5.15 Å². The van der Waals surface area contributed by atoms with Crippen molar-refractivity contribution in [1.82, 2.24) is 9.29 Å². The molecule has 0 saturated heterocycles. The van der Waals surface area contributed by atoms with Crippen LogP contribution in [0.15, 0.2) is 12.1 Å². The van der Waals surface area contributed by atoms with Gasteiger partial charge in [-0.25, -0.2) is 17.7 Å². The van der Waals surface area contributed by atoms with Crippen molar-refractivity contribution in [3.8, 4) is 5.88 Å². The average molecular weight is 307 g/mol. The van der Waals surface area contributed by atoms with Crippen molar-refractivity contribution in [3.63, 3.8) is 0 Å². The van der Waals surface area contributed by atoms with Crippen LogP contribution in [-0.4, -0.2) is 43.0 Å². The molecule has 106 valence electrons. The summed E-state index contributed by atoms with van der Waals surface area (Å²) in [6.45, 7) is 3.00. The van der Waals surface area contributed by atoms with Crippen LogP contribution in [0.5, 0.6) is 5.88 Å². The Balaban J connectivity index is 3.17. The number of nitrogens with zero attached hydrogens (tertiary/aromatic N) is 2. The molecule has 1 rings (SSSR count). The van der Waals surface area contributed by atoms with Gasteiger partial charge in [-0.15, -0.1) is 0 Å². The van der Waals surface area contributed by atoms with Gasteiger partial charge in [-0.05, 0) is 19.9 Å². The lowest BCUT2D eigenvalue weighted by Gasteiger charge is -2.20. The van der Waals surface area contributed by atoms with Gasteiger partial charge in [0, 0.05) is 18.7 Å². The molecule has 1 heterocycles. The van der Waals surface area contributed by atoms with Gasteiger partial charge in [0.2, 0.25) is 15.9 Å². The maximum absolute atomic E-state index is 12.1. The van der Waals surface area contributed by atoms with E-state index in [0.717, 1.165) is 0 Å². The van der Waals surface area contributed by atoms with Crippen LogP contribution in [0, 0.1) is 0 Å². The summed E-state index contributed by atoms with van der Waals surface area (Å²) in [5, 5.41) is -0.640. The van der Waals surface area contributed by atoms with E-state index in [9.17, 15) is 13.2 Å². The molecule has 0 aliphatic carbocycles. The fourth-order valence-corrected chi connectivity index (χ4v) is 2.48. The summed E-state index contributed by atoms with van der Waals surface area (Å²) in [4.78, 5) is 15.9. The number of ether oxygens (including phenoxy) is 1. The average Bonchev–Trinajstić information content (AvgIpc) is 2.35. The molecule has 0 bridgehead atoms. The number of carbonyl (C=O) groups excluding carboxylic acids is 1. The lowest BCUT2D eigenvalue weighted by molar-refractivity contribution is 0.0881. The summed E-state index contributed by atoms with van der Waals surface area (Å²) < 4.78 is 29.4. The number of amides is 1. The Morgan fingerprint density at radius 2 is 2.00 bits per heavy atom. The first-order valence-electron chi connectivity index (χ1n) is 5.43. The highest BCUT2D eigenvalue weighted by Gasteiger charge is 2.28. The lowest BCUT2D eigenvalue weighted by Crippen LogP contribution is -2.37. The standard InChI is InChI=1S/C11H15ClN2O4S/c1-7(2)19(16,17)14(3)11(15)8-5-9(12)13-10(6-8)18-4/h5-7H,1-4H3. The zero-order valence-corrected chi connectivity index (χ0v) is 12.6. The molecule has 6 nitrogen and oxygen atoms in total. The number of pyridine rings is 1. The minimum atomic E-state index is -3.68. The Morgan fingerprint density at radius 1 is 1.42 bits per heavy atom. The lowest BCUT2D eigenvalue weighted by atomic mass is 10.2. The molecule has 0 aliphatic heterocycles. The largest absolute Gasteiger partial charge is 0.481 e. The highest BCUT2D eigenvalue weighted by atomic mass is 35.5. The van der Waals surface area contributed by atoms with Crippen LogP contribution in [0.3, 0.4) is 0 Å². The number of methoxy groups -OCH3 is 1. The molecule has 0 spiro atoms. The molecule has 8 heteroatoms. The Hall–Kier alpha value is -1.34. The van der Waals surface area contributed by atoms with E-state index in [1.54, 1.807) is 0 Å². The SMILES string of the molecule is COc1cc(C(=O)N(C)S(=O)(=O)C(C)C)cc(Cl)n1. The van der Waals surface area contributed by atoms with Gasteiger partial charge >= 0.3 is 0 Å². The predicted octanol–water partition coefficient (Wildman–Crippen LogP) is 1.55. The summed E-state index contributed by atoms with van der Waals surface area (Å²) in [7, 11) is -1.09. The van der Waals surface area contributed by atoms with Gasteiger partial charge < -0.3 is 4.74 Å². The van der Waals surface area contributed by atoms with Gasteiger partial charge in [-0.3, -0.25) is 4.79 Å². The quantitative estimate of drug-likeness (QED) is 0.789. The van der Waals surface area contributed by atoms with E-state index in [1.807, 2.05) is 0 Å². The van der Waals surface area contributed by atoms with Crippen molar-refractivity contribution >= 4 is 27.5 Å². The number of hydrogen-bond acceptors (Lipinski definition) is 5. The van der Waals surface area contributed by atoms with E-state index < -0.39 is 21.2 Å². The number of aromatic nitrogens is 1. The molecule has 0 fully saturated rings. The van der Waals surface area contributed by atoms with E-state index in [-0.39, 0.29) is 16.6 Å². The fourth-order valence-electron chi connectivity index (χ4n) is 1.31. The van der Waals surface area contributed by atoms with E-state index in [1.165, 1.54) is 40.1 Å². The maximum Gasteiger partial charge on any atom is 0.267 e. The summed E-state index contributed by atoms with van der Waals surface area (Å²) in [6.07, 6.45) is 0. The van der Waals surface area contributed by atoms with Crippen molar-refractivity contribution in [3.05, 3.63) is 22.8 Å². The third-order valence-electron chi connectivity index (χ3n) is 2.49. The molecule has 0 aromatic carbocycles. The van der Waals surface area contributed by atoms with Crippen LogP contribution in [-0.2, 0) is 10.0 Å². The van der Waals surface area contributed by atoms with Crippen molar-refractivity contribution in [2.75, 3.05) is 14.2 Å². The molecule has 1 aromatic heterocycles. The minimum Gasteiger partial charge on any atom is -0.481 e. The molecule has 0 saturated carbocycles. The van der Waals surface area contributed by atoms with Gasteiger partial charge in [-0.1, -0.05) is 11.6 Å². The highest BCUT2D eigenvalue weighted by Crippen LogP contribution is 2.19. The van der Waals surface area contributed by atoms with Crippen molar-refractivity contribution in [1.29, 1.82) is 0 Å². The molecule has 0 N–H and O–H groups in total. The first kappa shape index (κ1) is 15.7. The molecular formula is C11H15ClN2O4S. The monoisotopic (exact) mass is 306 g/mol. The number of carbonyl (C=O) groups is 1. The normalized spacial score (nSPS) is 11.5. The molecule has 1 amide bonds. The molecular weight excluding hydrogens is 292 g/mol. The topological polar surface area (TPSA) is 76.6 Å². The molecule has 0 atom stereocenters. The van der Waals surface area contributed by atoms with Gasteiger partial charge in [0.05, 0.1) is 12.4 Å². The summed E-state index contributed by atoms with van der Waals surface area (Å²) in [5.74, 6) is -0.539. The summed E-state index contributed by atoms with van der Waals surface area (Å²) in [5.41, 5.74) is 0.101. The minimum absolute atomic E-state index is 0.0537. The predicted molar refractivity (Wildman–Crippen MR) is 71.9 cm³/mol. The van der Waals surface area contributed by atoms with Crippen molar-refractivity contribution < 1.29 is 17.9 Å². The van der Waals surface area contributed by atoms with Crippen LogP contribution >= 0.6 is 11.6 Å². The number of sulfonamides is 1. The van der Waals surface area contributed by atoms with Crippen LogP contribution in [0.4, 0.5) is 0 Å². The van der Waals surface area contributed by atoms with E-state index in [0.29, 0.717) is 4.31 Å². The Bertz CT molecular complexity index is 586. The number of hydrogen-bond donors (Lipinski definition) is 0. The second kappa shape index (κ2) is 5.75. The molecule has 19 heavy (non-hydrogen) atoms. The van der Waals surface area contributed by atoms with E-state index in [2.05, 4.69) is 4.98 Å². The van der Waals surface area contributed by atoms with Gasteiger partial charge in [0.25, 0.3) is 5.91 Å². The zero-order valence-electron chi connectivity index (χ0n) is 11.0. The Morgan fingerprint density at radius 3 is 2.47 bits per heavy atom. The van der Waals surface area contributed by atoms with Crippen LogP contribution in [0.2, 0.25) is 5.15 Å². The Labute approximate surface area is 117 Å². The summed E-state index contributed by atoms with van der Waals surface area (Å²) >= 11 is 5.74. The Kier molecular flexibility index (Phi) is 4.75. The van der Waals surface area contributed by atoms with E-state index in [4.69, 9.17) is 16.3 Å². The highest BCUT2D eigenvalue weighted by molar-refractivity contribution is 7.90. The fraction of sp³-hybridized carbons (Fsp3) is 0.455. The second-order valence-corrected chi connectivity index (χ2v) is 6.99. The first-order valence-corrected chi connectivity index (χ1v) is 7.32. The first-order chi connectivity index (χ1) is 8.70. The van der Waals surface area contributed by atoms with Crippen LogP contribution in [0.25, 0.3) is 0 Å². The van der Waals surface area contributed by atoms with Gasteiger partial charge in [0.15, 0.2) is 0 Å². The van der Waals surface area contributed by atoms with Crippen molar-refractivity contribution in [2.24, 2.45) is 0 Å². The second-order valence-electron chi connectivity index (χ2n) is 4.09. The number of rotatable bonds is 4. The smallest absolute Gasteiger partial charge is 0.267 e. The van der Waals surface area contributed by atoms with Crippen LogP contribution < -0.4 is 4.74 Å². The zero-order chi connectivity index (χ0) is 14.8. The summed E-state index contributed by atoms with van der Waals surface area (Å²) in [6, 6.07) is 2.62. The van der Waals surface area contributed by atoms with Crippen molar-refractivity contribution in [2.45, 2.75) is 19.1 Å².